The molecule has 0 unspecified atom stereocenters. The average Bonchev–Trinajstić information content (AvgIpc) is 3.21. The van der Waals surface area contributed by atoms with E-state index in [4.69, 9.17) is 9.73 Å². The van der Waals surface area contributed by atoms with Crippen LogP contribution in [0.25, 0.3) is 10.9 Å². The highest BCUT2D eigenvalue weighted by atomic mass is 16.5. The fourth-order valence-electron chi connectivity index (χ4n) is 4.10. The molecule has 9 nitrogen and oxygen atoms in total. The van der Waals surface area contributed by atoms with Gasteiger partial charge in [-0.1, -0.05) is 36.4 Å². The van der Waals surface area contributed by atoms with Crippen LogP contribution >= 0.6 is 0 Å². The predicted octanol–water partition coefficient (Wildman–Crippen LogP) is 4.04. The molecule has 1 saturated heterocycles. The zero-order valence-electron chi connectivity index (χ0n) is 19.4. The molecule has 0 bridgehead atoms. The molecule has 9 heteroatoms. The van der Waals surface area contributed by atoms with Gasteiger partial charge >= 0.3 is 12.0 Å². The number of esters is 1. The summed E-state index contributed by atoms with van der Waals surface area (Å²) in [4.78, 5) is 33.5. The Hall–Kier alpha value is -4.63. The quantitative estimate of drug-likeness (QED) is 0.251. The van der Waals surface area contributed by atoms with Gasteiger partial charge in [-0.25, -0.2) is 14.6 Å². The van der Waals surface area contributed by atoms with Crippen molar-refractivity contribution >= 4 is 40.0 Å². The van der Waals surface area contributed by atoms with Crippen molar-refractivity contribution in [3.63, 3.8) is 0 Å². The van der Waals surface area contributed by atoms with Crippen molar-refractivity contribution in [2.45, 2.75) is 6.10 Å². The number of aromatic amines is 1. The molecule has 0 saturated carbocycles. The summed E-state index contributed by atoms with van der Waals surface area (Å²) in [7, 11) is 1.32. The van der Waals surface area contributed by atoms with E-state index in [9.17, 15) is 19.8 Å². The lowest BCUT2D eigenvalue weighted by molar-refractivity contribution is 0.0309. The van der Waals surface area contributed by atoms with Gasteiger partial charge in [0.15, 0.2) is 5.88 Å². The highest BCUT2D eigenvalue weighted by Gasteiger charge is 2.28. The first-order valence-electron chi connectivity index (χ1n) is 11.3. The molecular formula is C27H24N4O5. The summed E-state index contributed by atoms with van der Waals surface area (Å²) in [5.74, 6) is -0.544. The number of rotatable bonds is 5. The van der Waals surface area contributed by atoms with Gasteiger partial charge in [-0.15, -0.1) is 0 Å². The molecule has 2 amide bonds. The number of aromatic hydroxyl groups is 1. The smallest absolute Gasteiger partial charge is 0.337 e. The monoisotopic (exact) mass is 484 g/mol. The Morgan fingerprint density at radius 3 is 2.42 bits per heavy atom. The van der Waals surface area contributed by atoms with Crippen LogP contribution in [0.15, 0.2) is 77.8 Å². The number of fused-ring (bicyclic) bond motifs is 1. The Labute approximate surface area is 206 Å². The van der Waals surface area contributed by atoms with Gasteiger partial charge in [0.25, 0.3) is 0 Å². The summed E-state index contributed by atoms with van der Waals surface area (Å²) in [6.45, 7) is 0.647. The number of aromatic nitrogens is 1. The number of anilines is 1. The van der Waals surface area contributed by atoms with E-state index in [1.165, 1.54) is 12.0 Å². The summed E-state index contributed by atoms with van der Waals surface area (Å²) < 4.78 is 4.80. The number of aliphatic imine (C=N–C) groups is 1. The largest absolute Gasteiger partial charge is 0.494 e. The van der Waals surface area contributed by atoms with Crippen molar-refractivity contribution in [3.05, 3.63) is 89.5 Å². The van der Waals surface area contributed by atoms with Crippen LogP contribution < -0.4 is 5.32 Å². The van der Waals surface area contributed by atoms with Gasteiger partial charge in [0.1, 0.15) is 0 Å². The summed E-state index contributed by atoms with van der Waals surface area (Å²) in [6, 6.07) is 21.2. The van der Waals surface area contributed by atoms with Crippen LogP contribution in [0.2, 0.25) is 0 Å². The molecule has 0 aliphatic carbocycles. The molecule has 1 aliphatic rings. The Morgan fingerprint density at radius 1 is 1.03 bits per heavy atom. The topological polar surface area (TPSA) is 127 Å². The summed E-state index contributed by atoms with van der Waals surface area (Å²) in [5.41, 5.74) is 3.99. The van der Waals surface area contributed by atoms with Crippen LogP contribution in [-0.2, 0) is 4.74 Å². The molecule has 4 N–H and O–H groups in total. The number of hydrogen-bond acceptors (Lipinski definition) is 6. The van der Waals surface area contributed by atoms with Crippen molar-refractivity contribution < 1.29 is 24.5 Å². The number of nitrogens with one attached hydrogen (secondary N) is 2. The van der Waals surface area contributed by atoms with Gasteiger partial charge in [-0.2, -0.15) is 0 Å². The number of β-amino-alcohol motifs (C(OH)–C–C–N with tert-alkyl or cyclic N) is 1. The number of benzene rings is 3. The third-order valence-electron chi connectivity index (χ3n) is 5.99. The highest BCUT2D eigenvalue weighted by Crippen LogP contribution is 2.32. The van der Waals surface area contributed by atoms with Gasteiger partial charge < -0.3 is 30.2 Å². The van der Waals surface area contributed by atoms with Gasteiger partial charge in [-0.05, 0) is 36.4 Å². The normalized spacial score (nSPS) is 13.9. The van der Waals surface area contributed by atoms with E-state index >= 15 is 0 Å². The molecular weight excluding hydrogens is 460 g/mol. The average molecular weight is 485 g/mol. The molecule has 182 valence electrons. The van der Waals surface area contributed by atoms with Crippen LogP contribution in [0.3, 0.4) is 0 Å². The van der Waals surface area contributed by atoms with Crippen LogP contribution in [0.4, 0.5) is 16.2 Å². The minimum atomic E-state index is -0.470. The molecule has 5 rings (SSSR count). The SMILES string of the molecule is COC(=O)c1ccc2c(C(=Nc3ccc(NC(=O)N4CC(O)C4)cc3)c3ccccc3)c(O)[nH]c2c1. The van der Waals surface area contributed by atoms with E-state index in [-0.39, 0.29) is 11.9 Å². The predicted molar refractivity (Wildman–Crippen MR) is 136 cm³/mol. The number of ether oxygens (including phenoxy) is 1. The molecule has 2 heterocycles. The standard InChI is InChI=1S/C27H24N4O5/c1-36-26(34)17-7-12-21-22(13-17)30-25(33)23(21)24(16-5-3-2-4-6-16)28-18-8-10-19(11-9-18)29-27(35)31-14-20(32)15-31/h2-13,20,30,32-33H,14-15H2,1H3,(H,29,35). The fourth-order valence-corrected chi connectivity index (χ4v) is 4.10. The van der Waals surface area contributed by atoms with E-state index < -0.39 is 12.1 Å². The van der Waals surface area contributed by atoms with Crippen LogP contribution in [0.5, 0.6) is 5.88 Å². The first-order valence-corrected chi connectivity index (χ1v) is 11.3. The Morgan fingerprint density at radius 2 is 1.75 bits per heavy atom. The maximum absolute atomic E-state index is 12.2. The fraction of sp³-hybridized carbons (Fsp3) is 0.148. The lowest BCUT2D eigenvalue weighted by Crippen LogP contribution is -2.54. The minimum Gasteiger partial charge on any atom is -0.494 e. The number of methoxy groups -OCH3 is 1. The van der Waals surface area contributed by atoms with E-state index in [0.29, 0.717) is 52.2 Å². The minimum absolute atomic E-state index is 0.0739. The number of likely N-dealkylation sites (tertiary alicyclic amines) is 1. The number of aliphatic hydroxyl groups excluding tert-OH is 1. The van der Waals surface area contributed by atoms with E-state index in [1.807, 2.05) is 30.3 Å². The van der Waals surface area contributed by atoms with Crippen molar-refractivity contribution in [2.75, 3.05) is 25.5 Å². The number of urea groups is 1. The zero-order valence-corrected chi connectivity index (χ0v) is 19.4. The number of H-pyrrole nitrogens is 1. The Bertz CT molecular complexity index is 1460. The molecule has 0 atom stereocenters. The van der Waals surface area contributed by atoms with Gasteiger partial charge in [-0.3, -0.25) is 0 Å². The van der Waals surface area contributed by atoms with E-state index in [2.05, 4.69) is 10.3 Å². The zero-order chi connectivity index (χ0) is 25.2. The number of amides is 2. The van der Waals surface area contributed by atoms with Gasteiger partial charge in [0, 0.05) is 22.2 Å². The molecule has 1 aliphatic heterocycles. The molecule has 3 aromatic carbocycles. The number of aliphatic hydroxyl groups is 1. The number of nitrogens with zero attached hydrogens (tertiary/aromatic N) is 2. The van der Waals surface area contributed by atoms with Crippen LogP contribution in [-0.4, -0.2) is 64.1 Å². The van der Waals surface area contributed by atoms with Crippen molar-refractivity contribution in [3.8, 4) is 5.88 Å². The van der Waals surface area contributed by atoms with Crippen molar-refractivity contribution in [1.82, 2.24) is 9.88 Å². The molecule has 36 heavy (non-hydrogen) atoms. The van der Waals surface area contributed by atoms with Gasteiger partial charge in [0.05, 0.1) is 48.8 Å². The van der Waals surface area contributed by atoms with E-state index in [0.717, 1.165) is 5.56 Å². The molecule has 1 fully saturated rings. The second-order valence-electron chi connectivity index (χ2n) is 8.46. The van der Waals surface area contributed by atoms with Gasteiger partial charge in [0.2, 0.25) is 0 Å². The molecule has 4 aromatic rings. The summed E-state index contributed by atoms with van der Waals surface area (Å²) in [5, 5.41) is 23.7. The molecule has 1 aromatic heterocycles. The van der Waals surface area contributed by atoms with Crippen molar-refractivity contribution in [2.24, 2.45) is 4.99 Å². The summed E-state index contributed by atoms with van der Waals surface area (Å²) >= 11 is 0. The third kappa shape index (κ3) is 4.51. The first kappa shape index (κ1) is 23.1. The number of carbonyl (C=O) groups is 2. The molecule has 0 spiro atoms. The Kier molecular flexibility index (Phi) is 6.14. The second-order valence-corrected chi connectivity index (χ2v) is 8.46. The lowest BCUT2D eigenvalue weighted by Gasteiger charge is -2.35. The molecule has 0 radical (unpaired) electrons. The number of hydrogen-bond donors (Lipinski definition) is 4. The lowest BCUT2D eigenvalue weighted by atomic mass is 10.00. The number of carbonyl (C=O) groups excluding carboxylic acids is 2. The maximum Gasteiger partial charge on any atom is 0.337 e. The summed E-state index contributed by atoms with van der Waals surface area (Å²) in [6.07, 6.45) is -0.461. The second kappa shape index (κ2) is 9.55. The van der Waals surface area contributed by atoms with Crippen LogP contribution in [0, 0.1) is 0 Å². The maximum atomic E-state index is 12.2. The first-order chi connectivity index (χ1) is 17.4. The van der Waals surface area contributed by atoms with Crippen molar-refractivity contribution in [1.29, 1.82) is 0 Å². The Balaban J connectivity index is 1.51. The highest BCUT2D eigenvalue weighted by molar-refractivity contribution is 6.22. The van der Waals surface area contributed by atoms with Crippen LogP contribution in [0.1, 0.15) is 21.5 Å². The third-order valence-corrected chi connectivity index (χ3v) is 5.99. The van der Waals surface area contributed by atoms with E-state index in [1.54, 1.807) is 42.5 Å².